The van der Waals surface area contributed by atoms with Gasteiger partial charge in [0.15, 0.2) is 0 Å². The van der Waals surface area contributed by atoms with Crippen LogP contribution >= 0.6 is 13.5 Å². The zero-order valence-corrected chi connectivity index (χ0v) is 13.8. The Morgan fingerprint density at radius 2 is 1.32 bits per heavy atom. The van der Waals surface area contributed by atoms with E-state index >= 15 is 0 Å². The Morgan fingerprint density at radius 3 is 1.73 bits per heavy atom. The molecular weight excluding hydrogens is 307 g/mol. The van der Waals surface area contributed by atoms with Gasteiger partial charge in [0.05, 0.1) is 5.70 Å². The Kier molecular flexibility index (Phi) is 4.81. The minimum absolute atomic E-state index is 0. The number of nitrogens with zero attached hydrogens (tertiary/aromatic N) is 4. The molecule has 0 bridgehead atoms. The summed E-state index contributed by atoms with van der Waals surface area (Å²) in [6.07, 6.45) is 1.52. The highest BCUT2D eigenvalue weighted by atomic mass is 32.1. The molecule has 0 aromatic heterocycles. The molecule has 0 N–H and O–H groups in total. The lowest BCUT2D eigenvalue weighted by molar-refractivity contribution is -0.117. The van der Waals surface area contributed by atoms with Gasteiger partial charge in [-0.15, -0.1) is 4.48 Å². The zero-order chi connectivity index (χ0) is 15.1. The molecule has 0 amide bonds. The third-order valence-electron chi connectivity index (χ3n) is 3.49. The van der Waals surface area contributed by atoms with Gasteiger partial charge in [-0.25, -0.2) is 0 Å². The van der Waals surface area contributed by atoms with Crippen LogP contribution in [0.25, 0.3) is 0 Å². The first kappa shape index (κ1) is 16.8. The molecule has 4 rings (SSSR count). The molecule has 0 unspecified atom stereocenters. The van der Waals surface area contributed by atoms with Crippen molar-refractivity contribution in [2.75, 3.05) is 53.4 Å². The molecule has 0 atom stereocenters. The van der Waals surface area contributed by atoms with Crippen molar-refractivity contribution >= 4 is 25.1 Å². The predicted molar refractivity (Wildman–Crippen MR) is 85.0 cm³/mol. The molecule has 22 heavy (non-hydrogen) atoms. The SMILES string of the molecule is CN(C)F.O=C1C=C(N2CC2)C(=O)C(N2CC2)=C1N1CC1.S. The van der Waals surface area contributed by atoms with E-state index < -0.39 is 0 Å². The smallest absolute Gasteiger partial charge is 0.227 e. The fourth-order valence-electron chi connectivity index (χ4n) is 2.28. The summed E-state index contributed by atoms with van der Waals surface area (Å²) in [6.45, 7) is 5.41. The van der Waals surface area contributed by atoms with Crippen LogP contribution in [0.15, 0.2) is 23.2 Å². The molecule has 0 radical (unpaired) electrons. The maximum absolute atomic E-state index is 12.4. The molecule has 4 aliphatic rings. The van der Waals surface area contributed by atoms with E-state index in [1.807, 2.05) is 14.7 Å². The van der Waals surface area contributed by atoms with Gasteiger partial charge in [0.2, 0.25) is 11.6 Å². The lowest BCUT2D eigenvalue weighted by atomic mass is 10.0. The predicted octanol–water partition coefficient (Wildman–Crippen LogP) is -0.274. The highest BCUT2D eigenvalue weighted by Gasteiger charge is 2.43. The van der Waals surface area contributed by atoms with Crippen LogP contribution in [0.4, 0.5) is 4.48 Å². The van der Waals surface area contributed by atoms with Gasteiger partial charge in [-0.1, -0.05) is 0 Å². The van der Waals surface area contributed by atoms with E-state index in [0.29, 0.717) is 22.2 Å². The number of Topliss-reactive ketones (excluding diaryl/α,β-unsaturated/α-hetero) is 1. The average molecular weight is 328 g/mol. The van der Waals surface area contributed by atoms with Crippen molar-refractivity contribution in [3.63, 3.8) is 0 Å². The van der Waals surface area contributed by atoms with E-state index in [0.717, 1.165) is 39.3 Å². The van der Waals surface area contributed by atoms with E-state index in [9.17, 15) is 14.1 Å². The molecule has 0 spiro atoms. The molecule has 0 aromatic carbocycles. The van der Waals surface area contributed by atoms with Crippen molar-refractivity contribution in [3.05, 3.63) is 23.2 Å². The van der Waals surface area contributed by atoms with Crippen LogP contribution in [0.1, 0.15) is 0 Å². The monoisotopic (exact) mass is 328 g/mol. The van der Waals surface area contributed by atoms with Crippen LogP contribution in [0, 0.1) is 0 Å². The summed E-state index contributed by atoms with van der Waals surface area (Å²) in [5.41, 5.74) is 1.89. The number of ketones is 2. The first-order valence-corrected chi connectivity index (χ1v) is 7.12. The summed E-state index contributed by atoms with van der Waals surface area (Å²) in [5.74, 6) is 0.0485. The van der Waals surface area contributed by atoms with Crippen molar-refractivity contribution < 1.29 is 14.1 Å². The third-order valence-corrected chi connectivity index (χ3v) is 3.49. The Balaban J connectivity index is 0.000000319. The molecule has 6 nitrogen and oxygen atoms in total. The molecule has 0 aromatic rings. The lowest BCUT2D eigenvalue weighted by Crippen LogP contribution is -2.29. The minimum Gasteiger partial charge on any atom is -0.365 e. The van der Waals surface area contributed by atoms with Gasteiger partial charge in [-0.05, 0) is 0 Å². The van der Waals surface area contributed by atoms with Crippen LogP contribution in [0.2, 0.25) is 0 Å². The van der Waals surface area contributed by atoms with Gasteiger partial charge >= 0.3 is 0 Å². The van der Waals surface area contributed by atoms with Gasteiger partial charge in [-0.3, -0.25) is 9.59 Å². The maximum atomic E-state index is 12.4. The van der Waals surface area contributed by atoms with Crippen molar-refractivity contribution in [2.24, 2.45) is 0 Å². The number of halogens is 1. The molecule has 3 fully saturated rings. The molecule has 1 aliphatic carbocycles. The highest BCUT2D eigenvalue weighted by Crippen LogP contribution is 2.33. The van der Waals surface area contributed by atoms with Crippen LogP contribution in [0.5, 0.6) is 0 Å². The number of carbonyl (C=O) groups excluding carboxylic acids is 2. The van der Waals surface area contributed by atoms with Gasteiger partial charge < -0.3 is 14.7 Å². The number of hydrogen-bond donors (Lipinski definition) is 0. The molecule has 3 saturated heterocycles. The van der Waals surface area contributed by atoms with Crippen molar-refractivity contribution in [3.8, 4) is 0 Å². The second-order valence-electron chi connectivity index (χ2n) is 5.67. The molecular formula is C14H21FN4O2S. The van der Waals surface area contributed by atoms with E-state index in [-0.39, 0.29) is 25.1 Å². The van der Waals surface area contributed by atoms with Crippen molar-refractivity contribution in [1.82, 2.24) is 19.8 Å². The van der Waals surface area contributed by atoms with Gasteiger partial charge in [0.25, 0.3) is 0 Å². The summed E-state index contributed by atoms with van der Waals surface area (Å²) < 4.78 is 10.8. The molecule has 8 heteroatoms. The molecule has 122 valence electrons. The molecule has 3 aliphatic heterocycles. The number of allylic oxidation sites excluding steroid dienone is 1. The highest BCUT2D eigenvalue weighted by molar-refractivity contribution is 7.59. The Labute approximate surface area is 136 Å². The normalized spacial score (nSPS) is 22.2. The van der Waals surface area contributed by atoms with E-state index in [1.165, 1.54) is 20.2 Å². The summed E-state index contributed by atoms with van der Waals surface area (Å²) in [5, 5.41) is 0.500. The number of hydrogen-bond acceptors (Lipinski definition) is 6. The Hall–Kier alpha value is -1.54. The summed E-state index contributed by atoms with van der Waals surface area (Å²) in [7, 11) is 2.67. The van der Waals surface area contributed by atoms with E-state index in [1.54, 1.807) is 0 Å². The first-order valence-electron chi connectivity index (χ1n) is 7.12. The van der Waals surface area contributed by atoms with Crippen LogP contribution < -0.4 is 0 Å². The fourth-order valence-corrected chi connectivity index (χ4v) is 2.28. The summed E-state index contributed by atoms with van der Waals surface area (Å²) in [4.78, 5) is 30.5. The average Bonchev–Trinajstić information content (AvgIpc) is 3.26. The van der Waals surface area contributed by atoms with Gasteiger partial charge in [0, 0.05) is 59.4 Å². The largest absolute Gasteiger partial charge is 0.365 e. The summed E-state index contributed by atoms with van der Waals surface area (Å²) >= 11 is 0. The van der Waals surface area contributed by atoms with Crippen LogP contribution in [-0.2, 0) is 9.59 Å². The topological polar surface area (TPSA) is 46.4 Å². The lowest BCUT2D eigenvalue weighted by Gasteiger charge is -2.21. The standard InChI is InChI=1S/C12H13N3O2.C2H6FN.H2S/c16-9-7-8(13-1-2-13)12(17)11(15-5-6-15)10(9)14-3-4-14;1-4(2)3;/h7H,1-6H2;1-2H3;1H2. The van der Waals surface area contributed by atoms with Crippen molar-refractivity contribution in [2.45, 2.75) is 0 Å². The third kappa shape index (κ3) is 3.61. The maximum Gasteiger partial charge on any atom is 0.227 e. The second kappa shape index (κ2) is 6.29. The summed E-state index contributed by atoms with van der Waals surface area (Å²) in [6, 6.07) is 0. The Bertz CT molecular complexity index is 546. The van der Waals surface area contributed by atoms with E-state index in [4.69, 9.17) is 0 Å². The minimum atomic E-state index is 0. The number of carbonyl (C=O) groups is 2. The Morgan fingerprint density at radius 1 is 0.909 bits per heavy atom. The van der Waals surface area contributed by atoms with Gasteiger partial charge in [-0.2, -0.15) is 18.6 Å². The van der Waals surface area contributed by atoms with Gasteiger partial charge in [0.1, 0.15) is 11.4 Å². The first-order chi connectivity index (χ1) is 9.99. The fraction of sp³-hybridized carbons (Fsp3) is 0.571. The van der Waals surface area contributed by atoms with E-state index in [2.05, 4.69) is 0 Å². The zero-order valence-electron chi connectivity index (χ0n) is 12.8. The molecule has 3 heterocycles. The van der Waals surface area contributed by atoms with Crippen molar-refractivity contribution in [1.29, 1.82) is 0 Å². The van der Waals surface area contributed by atoms with Crippen LogP contribution in [0.3, 0.4) is 0 Å². The number of rotatable bonds is 3. The van der Waals surface area contributed by atoms with Crippen LogP contribution in [-0.4, -0.2) is 84.8 Å². The second-order valence-corrected chi connectivity index (χ2v) is 5.67. The molecule has 0 saturated carbocycles. The quantitative estimate of drug-likeness (QED) is 0.404.